The van der Waals surface area contributed by atoms with Gasteiger partial charge in [0.05, 0.1) is 92.6 Å². The lowest BCUT2D eigenvalue weighted by molar-refractivity contribution is -0.307. The number of cyclic esters (lactones) is 1. The highest BCUT2D eigenvalue weighted by molar-refractivity contribution is 5.88. The van der Waals surface area contributed by atoms with E-state index in [1.807, 2.05) is 61.6 Å². The SMILES string of the molecule is COC(=O)C(CC1=CCc2ccccc21)NC(=O)[C@@H]1C(O)C[C@@]2(O)C[C@@H](O)C[C@@H](O)[C@H](O)CC[C@@H](O)C[C@@H](O)CC(=O)OC(C)C(C)[C@H](O)C(C)/C=C/C=C/C=C/C=C/C=C/C=C/C=C/[C@H](OC3OC(C)C(O)C(N)C3O)CC1O2. The van der Waals surface area contributed by atoms with E-state index in [2.05, 4.69) is 5.32 Å². The fraction of sp³-hybridized carbons (Fsp3) is 0.583. The number of carbonyl (C=O) groups is 3. The van der Waals surface area contributed by atoms with Crippen LogP contribution in [0.3, 0.4) is 0 Å². The van der Waals surface area contributed by atoms with E-state index in [0.29, 0.717) is 6.42 Å². The number of rotatable bonds is 7. The van der Waals surface area contributed by atoms with Crippen molar-refractivity contribution >= 4 is 23.4 Å². The summed E-state index contributed by atoms with van der Waals surface area (Å²) in [4.78, 5) is 40.7. The summed E-state index contributed by atoms with van der Waals surface area (Å²) in [6.45, 7) is 6.76. The number of amides is 1. The Morgan fingerprint density at radius 1 is 0.725 bits per heavy atom. The van der Waals surface area contributed by atoms with Crippen LogP contribution in [0.4, 0.5) is 0 Å². The zero-order valence-electron chi connectivity index (χ0n) is 46.3. The maximum atomic E-state index is 14.6. The summed E-state index contributed by atoms with van der Waals surface area (Å²) in [7, 11) is 1.18. The number of ether oxygens (including phenoxy) is 5. The van der Waals surface area contributed by atoms with Crippen molar-refractivity contribution in [2.24, 2.45) is 23.5 Å². The smallest absolute Gasteiger partial charge is 0.328 e. The standard InChI is InChI=1S/C60H86N2O18/c1-35-20-16-14-12-10-8-6-7-9-11-13-15-17-22-44(79-59-56(72)53(61)55(71)38(4)78-59)32-50-52(57(73)62-46(58(74)76-5)28-40-25-24-39-21-18-19-23-45(39)40)49(68)34-60(75,80-50)33-43(65)30-48(67)47(66)27-26-41(63)29-42(64)31-51(69)77-37(3)36(2)54(35)70/h6-23,25,35-38,41-44,46-50,52-56,59,63-68,70-72,75H,24,26-34,61H2,1-5H3,(H,62,73)/b7-6+,10-8+,11-9+,14-12+,15-13+,20-16+,22-17+/t35?,36?,37?,38?,41-,42-,43+,44+,46?,47-,48-,49?,50?,52-,53?,54-,55?,56?,59?,60-/m1/s1. The number of nitrogens with one attached hydrogen (secondary N) is 1. The van der Waals surface area contributed by atoms with Crippen LogP contribution in [0.2, 0.25) is 0 Å². The largest absolute Gasteiger partial charge is 0.467 e. The van der Waals surface area contributed by atoms with Gasteiger partial charge in [0.15, 0.2) is 12.1 Å². The average molecular weight is 1120 g/mol. The maximum absolute atomic E-state index is 14.6. The molecule has 2 fully saturated rings. The minimum Gasteiger partial charge on any atom is -0.467 e. The maximum Gasteiger partial charge on any atom is 0.328 e. The lowest BCUT2D eigenvalue weighted by Gasteiger charge is -2.46. The Morgan fingerprint density at radius 3 is 2.00 bits per heavy atom. The van der Waals surface area contributed by atoms with Crippen molar-refractivity contribution < 1.29 is 89.1 Å². The van der Waals surface area contributed by atoms with Crippen LogP contribution < -0.4 is 11.1 Å². The van der Waals surface area contributed by atoms with Gasteiger partial charge >= 0.3 is 11.9 Å². The Bertz CT molecular complexity index is 2390. The monoisotopic (exact) mass is 1120 g/mol. The highest BCUT2D eigenvalue weighted by atomic mass is 16.7. The molecule has 20 heteroatoms. The highest BCUT2D eigenvalue weighted by Crippen LogP contribution is 2.39. The Morgan fingerprint density at radius 2 is 1.35 bits per heavy atom. The van der Waals surface area contributed by atoms with Crippen LogP contribution in [0.1, 0.15) is 96.6 Å². The number of carbonyl (C=O) groups excluding carboxylic acids is 3. The average Bonchev–Trinajstić information content (AvgIpc) is 3.86. The van der Waals surface area contributed by atoms with E-state index in [-0.39, 0.29) is 38.0 Å². The van der Waals surface area contributed by atoms with Gasteiger partial charge in [-0.25, -0.2) is 4.79 Å². The summed E-state index contributed by atoms with van der Waals surface area (Å²) in [5.74, 6) is -7.03. The Labute approximate surface area is 468 Å². The molecule has 80 heavy (non-hydrogen) atoms. The Hall–Kier alpha value is -5.01. The Balaban J connectivity index is 1.44. The highest BCUT2D eigenvalue weighted by Gasteiger charge is 2.51. The van der Waals surface area contributed by atoms with Gasteiger partial charge in [0.25, 0.3) is 0 Å². The summed E-state index contributed by atoms with van der Waals surface area (Å²) in [5.41, 5.74) is 8.89. The molecule has 1 aliphatic carbocycles. The van der Waals surface area contributed by atoms with Crippen LogP contribution >= 0.6 is 0 Å². The molecule has 0 spiro atoms. The van der Waals surface area contributed by atoms with Gasteiger partial charge in [-0.3, -0.25) is 9.59 Å². The molecule has 1 aromatic carbocycles. The van der Waals surface area contributed by atoms with Crippen molar-refractivity contribution in [2.75, 3.05) is 7.11 Å². The lowest BCUT2D eigenvalue weighted by atomic mass is 9.82. The van der Waals surface area contributed by atoms with Gasteiger partial charge in [0, 0.05) is 43.9 Å². The molecule has 20 atom stereocenters. The van der Waals surface area contributed by atoms with Crippen LogP contribution in [0.5, 0.6) is 0 Å². The van der Waals surface area contributed by atoms with Crippen molar-refractivity contribution in [3.8, 4) is 0 Å². The second-order valence-corrected chi connectivity index (χ2v) is 21.6. The van der Waals surface area contributed by atoms with E-state index in [4.69, 9.17) is 29.4 Å². The fourth-order valence-electron chi connectivity index (χ4n) is 10.4. The van der Waals surface area contributed by atoms with Crippen LogP contribution in [-0.2, 0) is 44.5 Å². The Kier molecular flexibility index (Phi) is 26.3. The minimum atomic E-state index is -2.39. The molecule has 2 bridgehead atoms. The van der Waals surface area contributed by atoms with E-state index in [0.717, 1.165) is 16.7 Å². The van der Waals surface area contributed by atoms with Crippen LogP contribution in [0.25, 0.3) is 5.57 Å². The first-order valence-corrected chi connectivity index (χ1v) is 27.6. The van der Waals surface area contributed by atoms with Crippen LogP contribution in [0, 0.1) is 17.8 Å². The summed E-state index contributed by atoms with van der Waals surface area (Å²) < 4.78 is 29.1. The number of hydrogen-bond donors (Lipinski definition) is 12. The van der Waals surface area contributed by atoms with Gasteiger partial charge in [-0.05, 0) is 56.2 Å². The zero-order chi connectivity index (χ0) is 58.7. The molecule has 5 rings (SSSR count). The van der Waals surface area contributed by atoms with E-state index in [9.17, 15) is 65.4 Å². The molecule has 1 aromatic rings. The molecule has 1 amide bonds. The lowest BCUT2D eigenvalue weighted by Crippen LogP contribution is -2.62. The molecule has 2 saturated heterocycles. The number of aliphatic hydroxyl groups is 10. The number of nitrogens with two attached hydrogens (primary N) is 1. The predicted octanol–water partition coefficient (Wildman–Crippen LogP) is 2.31. The summed E-state index contributed by atoms with van der Waals surface area (Å²) in [6.07, 6.45) is 5.62. The molecule has 0 aromatic heterocycles. The number of aliphatic hydroxyl groups excluding tert-OH is 9. The molecule has 11 unspecified atom stereocenters. The molecular formula is C60H86N2O18. The number of hydrogen-bond acceptors (Lipinski definition) is 19. The van der Waals surface area contributed by atoms with Gasteiger partial charge < -0.3 is 85.8 Å². The van der Waals surface area contributed by atoms with Crippen LogP contribution in [0.15, 0.2) is 115 Å². The molecule has 4 aliphatic rings. The van der Waals surface area contributed by atoms with Gasteiger partial charge in [-0.2, -0.15) is 0 Å². The van der Waals surface area contributed by atoms with Crippen LogP contribution in [-0.4, -0.2) is 180 Å². The number of methoxy groups -OCH3 is 1. The summed E-state index contributed by atoms with van der Waals surface area (Å²) in [6, 6.07) is 5.20. The predicted molar refractivity (Wildman–Crippen MR) is 296 cm³/mol. The second kappa shape index (κ2) is 32.0. The first-order valence-electron chi connectivity index (χ1n) is 27.6. The molecule has 0 radical (unpaired) electrons. The van der Waals surface area contributed by atoms with Crippen molar-refractivity contribution in [2.45, 2.75) is 195 Å². The molecule has 20 nitrogen and oxygen atoms in total. The first-order chi connectivity index (χ1) is 38.0. The van der Waals surface area contributed by atoms with E-state index in [1.165, 1.54) is 7.11 Å². The number of allylic oxidation sites excluding steroid dienone is 13. The summed E-state index contributed by atoms with van der Waals surface area (Å²) >= 11 is 0. The fourth-order valence-corrected chi connectivity index (χ4v) is 10.4. The van der Waals surface area contributed by atoms with Gasteiger partial charge in [-0.15, -0.1) is 0 Å². The molecule has 0 saturated carbocycles. The third-order valence-corrected chi connectivity index (χ3v) is 15.2. The topological polar surface area (TPSA) is 338 Å². The quantitative estimate of drug-likeness (QED) is 0.174. The van der Waals surface area contributed by atoms with Gasteiger partial charge in [0.1, 0.15) is 18.2 Å². The summed E-state index contributed by atoms with van der Waals surface area (Å²) in [5, 5.41) is 114. The molecular weight excluding hydrogens is 1040 g/mol. The third kappa shape index (κ3) is 19.9. The van der Waals surface area contributed by atoms with Crippen molar-refractivity contribution in [1.82, 2.24) is 5.32 Å². The van der Waals surface area contributed by atoms with E-state index in [1.54, 1.807) is 81.5 Å². The number of benzene rings is 1. The van der Waals surface area contributed by atoms with Gasteiger partial charge in [-0.1, -0.05) is 129 Å². The molecule has 13 N–H and O–H groups in total. The zero-order valence-corrected chi connectivity index (χ0v) is 46.3. The number of fused-ring (bicyclic) bond motifs is 3. The molecule has 3 heterocycles. The van der Waals surface area contributed by atoms with E-state index < -0.39 is 159 Å². The third-order valence-electron chi connectivity index (χ3n) is 15.2. The van der Waals surface area contributed by atoms with Crippen molar-refractivity contribution in [3.63, 3.8) is 0 Å². The first kappa shape index (κ1) is 65.8. The molecule has 444 valence electrons. The van der Waals surface area contributed by atoms with E-state index >= 15 is 0 Å². The van der Waals surface area contributed by atoms with Crippen molar-refractivity contribution in [3.05, 3.63) is 127 Å². The molecule has 3 aliphatic heterocycles. The van der Waals surface area contributed by atoms with Crippen molar-refractivity contribution in [1.29, 1.82) is 0 Å². The minimum absolute atomic E-state index is 0.0366. The normalized spacial score (nSPS) is 40.0. The number of esters is 2. The van der Waals surface area contributed by atoms with Gasteiger partial charge in [0.2, 0.25) is 5.91 Å². The second-order valence-electron chi connectivity index (χ2n) is 21.6.